The summed E-state index contributed by atoms with van der Waals surface area (Å²) in [7, 11) is 0. The van der Waals surface area contributed by atoms with Gasteiger partial charge in [0.15, 0.2) is 5.82 Å². The number of esters is 1. The van der Waals surface area contributed by atoms with Gasteiger partial charge < -0.3 is 4.74 Å². The number of benzene rings is 1. The third-order valence-corrected chi connectivity index (χ3v) is 8.10. The summed E-state index contributed by atoms with van der Waals surface area (Å²) in [5, 5.41) is 0. The summed E-state index contributed by atoms with van der Waals surface area (Å²) in [5.41, 5.74) is 2.12. The Bertz CT molecular complexity index is 861. The lowest BCUT2D eigenvalue weighted by Crippen LogP contribution is -2.30. The van der Waals surface area contributed by atoms with Crippen LogP contribution in [0.2, 0.25) is 0 Å². The number of ether oxygens (including phenoxy) is 1. The van der Waals surface area contributed by atoms with E-state index in [2.05, 4.69) is 23.8 Å². The zero-order chi connectivity index (χ0) is 23.0. The molecule has 0 unspecified atom stereocenters. The molecule has 2 fully saturated rings. The van der Waals surface area contributed by atoms with Crippen LogP contribution < -0.4 is 4.74 Å². The third kappa shape index (κ3) is 6.43. The minimum Gasteiger partial charge on any atom is -0.426 e. The highest BCUT2D eigenvalue weighted by molar-refractivity contribution is 5.75. The Labute approximate surface area is 199 Å². The Morgan fingerprint density at radius 3 is 2.06 bits per heavy atom. The van der Waals surface area contributed by atoms with Crippen LogP contribution in [-0.2, 0) is 11.2 Å². The number of carbonyl (C=O) groups excluding carboxylic acids is 1. The van der Waals surface area contributed by atoms with Crippen molar-refractivity contribution in [1.82, 2.24) is 9.97 Å². The largest absolute Gasteiger partial charge is 0.426 e. The van der Waals surface area contributed by atoms with Crippen LogP contribution >= 0.6 is 0 Å². The molecular weight excluding hydrogens is 408 g/mol. The lowest BCUT2D eigenvalue weighted by molar-refractivity contribution is -0.140. The monoisotopic (exact) mass is 448 g/mol. The number of unbranched alkanes of at least 4 members (excludes halogenated alkanes) is 1. The van der Waals surface area contributed by atoms with Gasteiger partial charge in [-0.2, -0.15) is 0 Å². The van der Waals surface area contributed by atoms with Gasteiger partial charge in [0.25, 0.3) is 0 Å². The molecular formula is C29H40N2O2. The summed E-state index contributed by atoms with van der Waals surface area (Å²) >= 11 is 0. The molecule has 0 bridgehead atoms. The first-order valence-electron chi connectivity index (χ1n) is 13.3. The van der Waals surface area contributed by atoms with Gasteiger partial charge in [0.05, 0.1) is 5.92 Å². The van der Waals surface area contributed by atoms with Crippen molar-refractivity contribution < 1.29 is 9.53 Å². The molecule has 0 saturated heterocycles. The van der Waals surface area contributed by atoms with E-state index in [1.54, 1.807) is 0 Å². The SMILES string of the molecule is CCCCc1cnc(-c2ccc(OC(=O)C3CCC(C4CCC(CC)CC4)CC3)cc2)nc1. The predicted octanol–water partition coefficient (Wildman–Crippen LogP) is 7.41. The first kappa shape index (κ1) is 23.9. The second-order valence-corrected chi connectivity index (χ2v) is 10.3. The van der Waals surface area contributed by atoms with Gasteiger partial charge in [-0.25, -0.2) is 9.97 Å². The van der Waals surface area contributed by atoms with Crippen LogP contribution in [0.1, 0.15) is 90.0 Å². The molecule has 0 aliphatic heterocycles. The number of aromatic nitrogens is 2. The second kappa shape index (κ2) is 11.8. The number of nitrogens with zero attached hydrogens (tertiary/aromatic N) is 2. The van der Waals surface area contributed by atoms with Gasteiger partial charge in [-0.3, -0.25) is 4.79 Å². The molecule has 2 saturated carbocycles. The highest BCUT2D eigenvalue weighted by Crippen LogP contribution is 2.42. The molecule has 178 valence electrons. The van der Waals surface area contributed by atoms with Crippen molar-refractivity contribution in [1.29, 1.82) is 0 Å². The Hall–Kier alpha value is -2.23. The van der Waals surface area contributed by atoms with Gasteiger partial charge in [-0.1, -0.05) is 39.5 Å². The first-order chi connectivity index (χ1) is 16.2. The quantitative estimate of drug-likeness (QED) is 0.311. The molecule has 0 radical (unpaired) electrons. The molecule has 2 aromatic rings. The van der Waals surface area contributed by atoms with E-state index in [1.807, 2.05) is 36.7 Å². The van der Waals surface area contributed by atoms with Crippen molar-refractivity contribution in [3.63, 3.8) is 0 Å². The molecule has 1 aromatic heterocycles. The van der Waals surface area contributed by atoms with Gasteiger partial charge in [-0.05, 0) is 98.9 Å². The van der Waals surface area contributed by atoms with Gasteiger partial charge in [-0.15, -0.1) is 0 Å². The fraction of sp³-hybridized carbons (Fsp3) is 0.621. The highest BCUT2D eigenvalue weighted by Gasteiger charge is 2.33. The van der Waals surface area contributed by atoms with Gasteiger partial charge in [0.1, 0.15) is 5.75 Å². The van der Waals surface area contributed by atoms with E-state index in [1.165, 1.54) is 56.9 Å². The third-order valence-electron chi connectivity index (χ3n) is 8.10. The smallest absolute Gasteiger partial charge is 0.314 e. The lowest BCUT2D eigenvalue weighted by atomic mass is 9.69. The zero-order valence-corrected chi connectivity index (χ0v) is 20.5. The maximum absolute atomic E-state index is 12.8. The van der Waals surface area contributed by atoms with Gasteiger partial charge in [0.2, 0.25) is 0 Å². The van der Waals surface area contributed by atoms with Crippen molar-refractivity contribution in [3.05, 3.63) is 42.2 Å². The zero-order valence-electron chi connectivity index (χ0n) is 20.5. The molecule has 0 atom stereocenters. The number of hydrogen-bond acceptors (Lipinski definition) is 4. The molecule has 0 spiro atoms. The Morgan fingerprint density at radius 2 is 1.48 bits per heavy atom. The molecule has 0 amide bonds. The van der Waals surface area contributed by atoms with Crippen molar-refractivity contribution in [2.45, 2.75) is 90.9 Å². The Kier molecular flexibility index (Phi) is 8.52. The molecule has 4 rings (SSSR count). The average Bonchev–Trinajstić information content (AvgIpc) is 2.88. The van der Waals surface area contributed by atoms with Crippen LogP contribution in [0.15, 0.2) is 36.7 Å². The van der Waals surface area contributed by atoms with Crippen molar-refractivity contribution in [2.75, 3.05) is 0 Å². The minimum atomic E-state index is -0.0626. The van der Waals surface area contributed by atoms with E-state index in [9.17, 15) is 4.79 Å². The van der Waals surface area contributed by atoms with E-state index in [4.69, 9.17) is 4.74 Å². The standard InChI is InChI=1S/C29H40N2O2/c1-3-5-6-22-19-30-28(31-20-22)25-15-17-27(18-16-25)33-29(32)26-13-11-24(12-14-26)23-9-7-21(4-2)8-10-23/h15-21,23-24,26H,3-14H2,1-2H3. The molecule has 4 nitrogen and oxygen atoms in total. The topological polar surface area (TPSA) is 52.1 Å². The van der Waals surface area contributed by atoms with E-state index in [-0.39, 0.29) is 11.9 Å². The van der Waals surface area contributed by atoms with E-state index >= 15 is 0 Å². The summed E-state index contributed by atoms with van der Waals surface area (Å²) in [6.45, 7) is 4.52. The van der Waals surface area contributed by atoms with Crippen LogP contribution in [0, 0.1) is 23.7 Å². The van der Waals surface area contributed by atoms with Crippen LogP contribution in [0.3, 0.4) is 0 Å². The van der Waals surface area contributed by atoms with E-state index in [0.717, 1.165) is 49.0 Å². The van der Waals surface area contributed by atoms with E-state index in [0.29, 0.717) is 11.6 Å². The van der Waals surface area contributed by atoms with E-state index < -0.39 is 0 Å². The fourth-order valence-corrected chi connectivity index (χ4v) is 5.78. The second-order valence-electron chi connectivity index (χ2n) is 10.3. The molecule has 33 heavy (non-hydrogen) atoms. The summed E-state index contributed by atoms with van der Waals surface area (Å²) in [4.78, 5) is 21.8. The molecule has 1 heterocycles. The maximum Gasteiger partial charge on any atom is 0.314 e. The normalized spacial score (nSPS) is 25.5. The van der Waals surface area contributed by atoms with Crippen LogP contribution in [0.25, 0.3) is 11.4 Å². The summed E-state index contributed by atoms with van der Waals surface area (Å²) in [5.74, 6) is 3.97. The van der Waals surface area contributed by atoms with Crippen molar-refractivity contribution >= 4 is 5.97 Å². The van der Waals surface area contributed by atoms with Crippen LogP contribution in [-0.4, -0.2) is 15.9 Å². The predicted molar refractivity (Wildman–Crippen MR) is 133 cm³/mol. The summed E-state index contributed by atoms with van der Waals surface area (Å²) < 4.78 is 5.74. The fourth-order valence-electron chi connectivity index (χ4n) is 5.78. The average molecular weight is 449 g/mol. The van der Waals surface area contributed by atoms with Gasteiger partial charge in [0, 0.05) is 18.0 Å². The molecule has 4 heteroatoms. The lowest BCUT2D eigenvalue weighted by Gasteiger charge is -2.37. The number of aryl methyl sites for hydroxylation is 1. The Morgan fingerprint density at radius 1 is 0.879 bits per heavy atom. The molecule has 1 aromatic carbocycles. The van der Waals surface area contributed by atoms with Crippen LogP contribution in [0.4, 0.5) is 0 Å². The summed E-state index contributed by atoms with van der Waals surface area (Å²) in [6, 6.07) is 7.60. The van der Waals surface area contributed by atoms with Crippen LogP contribution in [0.5, 0.6) is 5.75 Å². The molecule has 2 aliphatic carbocycles. The number of carbonyl (C=O) groups is 1. The maximum atomic E-state index is 12.8. The Balaban J connectivity index is 1.24. The minimum absolute atomic E-state index is 0.0481. The molecule has 0 N–H and O–H groups in total. The highest BCUT2D eigenvalue weighted by atomic mass is 16.5. The van der Waals surface area contributed by atoms with Gasteiger partial charge >= 0.3 is 5.97 Å². The number of hydrogen-bond donors (Lipinski definition) is 0. The van der Waals surface area contributed by atoms with Crippen molar-refractivity contribution in [2.24, 2.45) is 23.7 Å². The van der Waals surface area contributed by atoms with Crippen molar-refractivity contribution in [3.8, 4) is 17.1 Å². The summed E-state index contributed by atoms with van der Waals surface area (Å²) in [6.07, 6.45) is 18.5. The first-order valence-corrected chi connectivity index (χ1v) is 13.3. The number of rotatable bonds is 8. The molecule has 2 aliphatic rings.